The maximum absolute atomic E-state index is 12.6. The maximum Gasteiger partial charge on any atom is 0.338 e. The predicted molar refractivity (Wildman–Crippen MR) is 108 cm³/mol. The molecule has 2 aromatic carbocycles. The molecule has 1 aromatic heterocycles. The molecule has 0 radical (unpaired) electrons. The van der Waals surface area contributed by atoms with Gasteiger partial charge in [0.25, 0.3) is 11.6 Å². The van der Waals surface area contributed by atoms with Gasteiger partial charge in [0.15, 0.2) is 6.10 Å². The normalized spacial score (nSPS) is 14.5. The first-order valence-corrected chi connectivity index (χ1v) is 9.58. The number of carbonyl (C=O) groups is 3. The van der Waals surface area contributed by atoms with Crippen LogP contribution in [0.4, 0.5) is 11.4 Å². The molecule has 162 valence electrons. The molecule has 11 heteroatoms. The number of hydrogen-bond donors (Lipinski definition) is 0. The van der Waals surface area contributed by atoms with Crippen LogP contribution in [0.1, 0.15) is 42.1 Å². The first kappa shape index (κ1) is 20.8. The molecule has 1 aliphatic heterocycles. The van der Waals surface area contributed by atoms with E-state index in [9.17, 15) is 24.5 Å². The number of esters is 1. The van der Waals surface area contributed by atoms with E-state index in [2.05, 4.69) is 10.2 Å². The number of aromatic nitrogens is 2. The van der Waals surface area contributed by atoms with Crippen LogP contribution in [0.5, 0.6) is 0 Å². The number of carbonyl (C=O) groups excluding carboxylic acids is 3. The van der Waals surface area contributed by atoms with Gasteiger partial charge in [-0.15, -0.1) is 10.2 Å². The second-order valence-electron chi connectivity index (χ2n) is 6.97. The van der Waals surface area contributed by atoms with Crippen LogP contribution in [-0.2, 0) is 14.3 Å². The van der Waals surface area contributed by atoms with E-state index in [1.807, 2.05) is 0 Å². The lowest BCUT2D eigenvalue weighted by Gasteiger charge is -2.15. The van der Waals surface area contributed by atoms with Gasteiger partial charge >= 0.3 is 5.97 Å². The number of hydrogen-bond acceptors (Lipinski definition) is 9. The molecular formula is C21H16N4O7. The van der Waals surface area contributed by atoms with Crippen molar-refractivity contribution >= 4 is 29.2 Å². The largest absolute Gasteiger partial charge is 0.449 e. The maximum atomic E-state index is 12.6. The molecule has 0 saturated carbocycles. The summed E-state index contributed by atoms with van der Waals surface area (Å²) < 4.78 is 10.9. The SMILES string of the molecule is CC(OC(=O)c1cccc(N2C(=O)CCC2=O)c1)c1nnc(-c2ccc([N+](=O)[O-])cc2)o1. The average molecular weight is 436 g/mol. The summed E-state index contributed by atoms with van der Waals surface area (Å²) in [6.07, 6.45) is -0.613. The van der Waals surface area contributed by atoms with E-state index >= 15 is 0 Å². The Kier molecular flexibility index (Phi) is 5.46. The predicted octanol–water partition coefficient (Wildman–Crippen LogP) is 3.22. The van der Waals surface area contributed by atoms with Gasteiger partial charge in [0, 0.05) is 30.5 Å². The van der Waals surface area contributed by atoms with E-state index in [0.29, 0.717) is 11.3 Å². The van der Waals surface area contributed by atoms with Crippen LogP contribution >= 0.6 is 0 Å². The van der Waals surface area contributed by atoms with Gasteiger partial charge in [0.1, 0.15) is 0 Å². The molecule has 4 rings (SSSR count). The van der Waals surface area contributed by atoms with Crippen molar-refractivity contribution in [3.63, 3.8) is 0 Å². The Bertz CT molecular complexity index is 1200. The summed E-state index contributed by atoms with van der Waals surface area (Å²) in [5, 5.41) is 18.5. The van der Waals surface area contributed by atoms with Crippen LogP contribution in [-0.4, -0.2) is 32.9 Å². The molecule has 2 amide bonds. The van der Waals surface area contributed by atoms with Gasteiger partial charge in [0.05, 0.1) is 16.2 Å². The third-order valence-electron chi connectivity index (χ3n) is 4.79. The summed E-state index contributed by atoms with van der Waals surface area (Å²) in [6.45, 7) is 1.54. The number of non-ortho nitro benzene ring substituents is 1. The first-order chi connectivity index (χ1) is 15.3. The summed E-state index contributed by atoms with van der Waals surface area (Å²) in [4.78, 5) is 47.7. The summed E-state index contributed by atoms with van der Waals surface area (Å²) in [5.41, 5.74) is 0.852. The lowest BCUT2D eigenvalue weighted by Crippen LogP contribution is -2.28. The Labute approximate surface area is 180 Å². The lowest BCUT2D eigenvalue weighted by atomic mass is 10.2. The van der Waals surface area contributed by atoms with E-state index in [4.69, 9.17) is 9.15 Å². The molecule has 32 heavy (non-hydrogen) atoms. The summed E-state index contributed by atoms with van der Waals surface area (Å²) >= 11 is 0. The summed E-state index contributed by atoms with van der Waals surface area (Å²) in [7, 11) is 0. The van der Waals surface area contributed by atoms with E-state index in [0.717, 1.165) is 4.90 Å². The van der Waals surface area contributed by atoms with Crippen molar-refractivity contribution < 1.29 is 28.5 Å². The van der Waals surface area contributed by atoms with Crippen LogP contribution in [0.3, 0.4) is 0 Å². The fraction of sp³-hybridized carbons (Fsp3) is 0.190. The Morgan fingerprint density at radius 1 is 1.12 bits per heavy atom. The molecule has 1 unspecified atom stereocenters. The summed E-state index contributed by atoms with van der Waals surface area (Å²) in [6, 6.07) is 11.6. The van der Waals surface area contributed by atoms with Crippen molar-refractivity contribution in [2.45, 2.75) is 25.9 Å². The standard InChI is InChI=1S/C21H16N4O7/c1-12(19-22-23-20(32-19)13-5-7-15(8-6-13)25(29)30)31-21(28)14-3-2-4-16(11-14)24-17(26)9-10-18(24)27/h2-8,11-12H,9-10H2,1H3. The van der Waals surface area contributed by atoms with Crippen molar-refractivity contribution in [1.82, 2.24) is 10.2 Å². The number of anilines is 1. The van der Waals surface area contributed by atoms with Crippen molar-refractivity contribution in [3.05, 3.63) is 70.1 Å². The average Bonchev–Trinajstić information content (AvgIpc) is 3.41. The Balaban J connectivity index is 1.46. The Morgan fingerprint density at radius 2 is 1.81 bits per heavy atom. The molecule has 0 spiro atoms. The highest BCUT2D eigenvalue weighted by Crippen LogP contribution is 2.27. The van der Waals surface area contributed by atoms with E-state index in [1.54, 1.807) is 19.1 Å². The minimum absolute atomic E-state index is 0.0350. The number of rotatable bonds is 6. The van der Waals surface area contributed by atoms with Gasteiger partial charge in [-0.2, -0.15) is 0 Å². The fourth-order valence-corrected chi connectivity index (χ4v) is 3.16. The van der Waals surface area contributed by atoms with Gasteiger partial charge in [-0.05, 0) is 37.3 Å². The first-order valence-electron chi connectivity index (χ1n) is 9.58. The molecule has 0 aliphatic carbocycles. The van der Waals surface area contributed by atoms with Crippen molar-refractivity contribution in [1.29, 1.82) is 0 Å². The zero-order valence-electron chi connectivity index (χ0n) is 16.8. The Morgan fingerprint density at radius 3 is 2.47 bits per heavy atom. The smallest absolute Gasteiger partial charge is 0.338 e. The molecule has 1 aliphatic rings. The minimum Gasteiger partial charge on any atom is -0.449 e. The lowest BCUT2D eigenvalue weighted by molar-refractivity contribution is -0.384. The molecule has 11 nitrogen and oxygen atoms in total. The minimum atomic E-state index is -0.888. The van der Waals surface area contributed by atoms with Crippen molar-refractivity contribution in [2.24, 2.45) is 0 Å². The van der Waals surface area contributed by atoms with Crippen LogP contribution in [0.15, 0.2) is 52.9 Å². The highest BCUT2D eigenvalue weighted by atomic mass is 16.6. The molecule has 1 saturated heterocycles. The number of benzene rings is 2. The number of ether oxygens (including phenoxy) is 1. The molecule has 1 atom stereocenters. The Hall–Kier alpha value is -4.41. The number of nitro benzene ring substituents is 1. The van der Waals surface area contributed by atoms with Crippen LogP contribution in [0, 0.1) is 10.1 Å². The number of imide groups is 1. The third-order valence-corrected chi connectivity index (χ3v) is 4.79. The van der Waals surface area contributed by atoms with Crippen molar-refractivity contribution in [2.75, 3.05) is 4.90 Å². The van der Waals surface area contributed by atoms with E-state index in [-0.39, 0.29) is 47.7 Å². The molecule has 0 N–H and O–H groups in total. The van der Waals surface area contributed by atoms with Crippen LogP contribution in [0.25, 0.3) is 11.5 Å². The van der Waals surface area contributed by atoms with Crippen LogP contribution < -0.4 is 4.90 Å². The number of amides is 2. The monoisotopic (exact) mass is 436 g/mol. The van der Waals surface area contributed by atoms with Gasteiger partial charge in [-0.3, -0.25) is 24.6 Å². The van der Waals surface area contributed by atoms with Gasteiger partial charge in [0.2, 0.25) is 17.7 Å². The van der Waals surface area contributed by atoms with Crippen molar-refractivity contribution in [3.8, 4) is 11.5 Å². The molecule has 2 heterocycles. The highest BCUT2D eigenvalue weighted by molar-refractivity contribution is 6.20. The molecule has 1 fully saturated rings. The zero-order valence-corrected chi connectivity index (χ0v) is 16.8. The zero-order chi connectivity index (χ0) is 22.8. The number of nitro groups is 1. The van der Waals surface area contributed by atoms with E-state index in [1.165, 1.54) is 36.4 Å². The highest BCUT2D eigenvalue weighted by Gasteiger charge is 2.31. The molecule has 0 bridgehead atoms. The van der Waals surface area contributed by atoms with E-state index < -0.39 is 17.0 Å². The van der Waals surface area contributed by atoms with Gasteiger partial charge in [-0.1, -0.05) is 6.07 Å². The summed E-state index contributed by atoms with van der Waals surface area (Å²) in [5.74, 6) is -1.19. The second-order valence-corrected chi connectivity index (χ2v) is 6.97. The van der Waals surface area contributed by atoms with Gasteiger partial charge in [-0.25, -0.2) is 4.79 Å². The fourth-order valence-electron chi connectivity index (χ4n) is 3.16. The number of nitrogens with zero attached hydrogens (tertiary/aromatic N) is 4. The molecule has 3 aromatic rings. The van der Waals surface area contributed by atoms with Crippen LogP contribution in [0.2, 0.25) is 0 Å². The third kappa shape index (κ3) is 4.08. The topological polar surface area (TPSA) is 146 Å². The second kappa shape index (κ2) is 8.38. The molecular weight excluding hydrogens is 420 g/mol. The quantitative estimate of drug-likeness (QED) is 0.246. The van der Waals surface area contributed by atoms with Gasteiger partial charge < -0.3 is 9.15 Å².